The van der Waals surface area contributed by atoms with Gasteiger partial charge in [0.25, 0.3) is 5.91 Å². The highest BCUT2D eigenvalue weighted by molar-refractivity contribution is 5.82. The van der Waals surface area contributed by atoms with Crippen LogP contribution >= 0.6 is 0 Å². The second-order valence-corrected chi connectivity index (χ2v) is 10.1. The zero-order chi connectivity index (χ0) is 25.7. The first kappa shape index (κ1) is 30.6. The lowest BCUT2D eigenvalue weighted by Gasteiger charge is -2.39. The second kappa shape index (κ2) is 15.5. The van der Waals surface area contributed by atoms with E-state index in [4.69, 9.17) is 9.47 Å². The van der Waals surface area contributed by atoms with Crippen LogP contribution in [-0.2, 0) is 14.3 Å². The Bertz CT molecular complexity index is 596. The van der Waals surface area contributed by atoms with Crippen LogP contribution in [0.3, 0.4) is 0 Å². The Labute approximate surface area is 203 Å². The molecular weight excluding hydrogens is 444 g/mol. The molecular formula is C24H46N2O8. The van der Waals surface area contributed by atoms with Crippen molar-refractivity contribution in [1.29, 1.82) is 0 Å². The molecule has 0 aromatic heterocycles. The second-order valence-electron chi connectivity index (χ2n) is 10.1. The third-order valence-electron chi connectivity index (χ3n) is 5.75. The molecule has 1 aliphatic heterocycles. The van der Waals surface area contributed by atoms with Crippen molar-refractivity contribution in [3.8, 4) is 0 Å². The minimum absolute atomic E-state index is 0.443. The van der Waals surface area contributed by atoms with Crippen molar-refractivity contribution in [1.82, 2.24) is 10.6 Å². The van der Waals surface area contributed by atoms with Gasteiger partial charge < -0.3 is 40.5 Å². The third kappa shape index (κ3) is 11.3. The number of unbranched alkanes of at least 4 members (excludes halogenated alkanes) is 8. The number of hydrogen-bond acceptors (Lipinski definition) is 8. The van der Waals surface area contributed by atoms with Crippen molar-refractivity contribution in [2.75, 3.05) is 6.61 Å². The van der Waals surface area contributed by atoms with Gasteiger partial charge in [0.2, 0.25) is 0 Å². The van der Waals surface area contributed by atoms with Gasteiger partial charge in [-0.05, 0) is 33.6 Å². The van der Waals surface area contributed by atoms with Crippen LogP contribution in [0.2, 0.25) is 0 Å². The molecule has 0 saturated carbocycles. The Morgan fingerprint density at radius 3 is 1.97 bits per heavy atom. The van der Waals surface area contributed by atoms with Crippen LogP contribution < -0.4 is 10.6 Å². The molecule has 1 heterocycles. The highest BCUT2D eigenvalue weighted by atomic mass is 16.6. The van der Waals surface area contributed by atoms with E-state index in [1.807, 2.05) is 0 Å². The average molecular weight is 491 g/mol. The number of rotatable bonds is 14. The Morgan fingerprint density at radius 1 is 0.882 bits per heavy atom. The number of carbonyl (C=O) groups is 2. The summed E-state index contributed by atoms with van der Waals surface area (Å²) in [5, 5.41) is 44.7. The molecule has 10 nitrogen and oxygen atoms in total. The van der Waals surface area contributed by atoms with Crippen LogP contribution in [0, 0.1) is 0 Å². The summed E-state index contributed by atoms with van der Waals surface area (Å²) in [5.41, 5.74) is -0.715. The van der Waals surface area contributed by atoms with E-state index in [-0.39, 0.29) is 0 Å². The Kier molecular flexibility index (Phi) is 14.0. The summed E-state index contributed by atoms with van der Waals surface area (Å²) < 4.78 is 10.6. The summed E-state index contributed by atoms with van der Waals surface area (Å²) in [7, 11) is 0. The molecule has 34 heavy (non-hydrogen) atoms. The quantitative estimate of drug-likeness (QED) is 0.159. The van der Waals surface area contributed by atoms with Crippen molar-refractivity contribution >= 4 is 12.0 Å². The third-order valence-corrected chi connectivity index (χ3v) is 5.75. The van der Waals surface area contributed by atoms with Gasteiger partial charge in [0.1, 0.15) is 36.2 Å². The van der Waals surface area contributed by atoms with E-state index >= 15 is 0 Å². The first-order valence-corrected chi connectivity index (χ1v) is 12.6. The predicted octanol–water partition coefficient (Wildman–Crippen LogP) is 1.72. The number of alkyl carbamates (subject to hydrolysis) is 1. The van der Waals surface area contributed by atoms with Gasteiger partial charge in [0.15, 0.2) is 6.10 Å². The molecule has 6 atom stereocenters. The van der Waals surface area contributed by atoms with Crippen molar-refractivity contribution in [2.45, 2.75) is 134 Å². The van der Waals surface area contributed by atoms with Gasteiger partial charge in [-0.15, -0.1) is 0 Å². The van der Waals surface area contributed by atoms with Crippen LogP contribution in [0.1, 0.15) is 91.9 Å². The summed E-state index contributed by atoms with van der Waals surface area (Å²) >= 11 is 0. The van der Waals surface area contributed by atoms with Crippen molar-refractivity contribution in [2.24, 2.45) is 0 Å². The van der Waals surface area contributed by atoms with Gasteiger partial charge in [0.05, 0.1) is 6.61 Å². The van der Waals surface area contributed by atoms with E-state index in [0.29, 0.717) is 6.42 Å². The largest absolute Gasteiger partial charge is 0.444 e. The molecule has 0 spiro atoms. The normalized spacial score (nSPS) is 26.1. The number of aliphatic hydroxyl groups is 4. The molecule has 2 amide bonds. The van der Waals surface area contributed by atoms with E-state index in [1.165, 1.54) is 32.1 Å². The van der Waals surface area contributed by atoms with Crippen LogP contribution in [0.5, 0.6) is 0 Å². The van der Waals surface area contributed by atoms with E-state index in [1.54, 1.807) is 20.8 Å². The van der Waals surface area contributed by atoms with Crippen molar-refractivity contribution in [3.05, 3.63) is 0 Å². The van der Waals surface area contributed by atoms with Gasteiger partial charge in [-0.25, -0.2) is 4.79 Å². The Hall–Kier alpha value is -1.46. The maximum atomic E-state index is 12.8. The van der Waals surface area contributed by atoms with Crippen LogP contribution in [-0.4, -0.2) is 81.3 Å². The van der Waals surface area contributed by atoms with Crippen LogP contribution in [0.4, 0.5) is 4.79 Å². The fraction of sp³-hybridized carbons (Fsp3) is 0.917. The first-order chi connectivity index (χ1) is 16.0. The number of amides is 2. The molecule has 1 saturated heterocycles. The molecule has 0 aliphatic carbocycles. The van der Waals surface area contributed by atoms with Crippen LogP contribution in [0.25, 0.3) is 0 Å². The molecule has 0 radical (unpaired) electrons. The van der Waals surface area contributed by atoms with E-state index in [2.05, 4.69) is 17.6 Å². The maximum Gasteiger partial charge on any atom is 0.409 e. The molecule has 0 aromatic rings. The maximum absolute atomic E-state index is 12.8. The van der Waals surface area contributed by atoms with Crippen molar-refractivity contribution in [3.63, 3.8) is 0 Å². The number of nitrogens with one attached hydrogen (secondary N) is 2. The summed E-state index contributed by atoms with van der Waals surface area (Å²) in [4.78, 5) is 25.1. The topological polar surface area (TPSA) is 158 Å². The van der Waals surface area contributed by atoms with E-state index in [9.17, 15) is 30.0 Å². The standard InChI is InChI=1S/C24H46N2O8/c1-5-6-7-8-9-10-11-12-13-14-17(26-23(32)34-24(2,3)4)25-22(31)21-20(30)19(29)18(28)16(15-27)33-21/h16-21,27-30H,5-15H2,1-4H3,(H,25,31)(H,26,32)/t16-,17-,18+,19+,20-,21+/m1/s1. The molecule has 200 valence electrons. The molecule has 1 rings (SSSR count). The molecule has 0 bridgehead atoms. The average Bonchev–Trinajstić information content (AvgIpc) is 2.75. The van der Waals surface area contributed by atoms with Gasteiger partial charge in [-0.3, -0.25) is 4.79 Å². The Morgan fingerprint density at radius 2 is 1.44 bits per heavy atom. The lowest BCUT2D eigenvalue weighted by molar-refractivity contribution is -0.227. The van der Waals surface area contributed by atoms with E-state index < -0.39 is 60.9 Å². The summed E-state index contributed by atoms with van der Waals surface area (Å²) in [6.07, 6.45) is 1.47. The lowest BCUT2D eigenvalue weighted by atomic mass is 9.94. The van der Waals surface area contributed by atoms with Gasteiger partial charge in [-0.1, -0.05) is 58.3 Å². The van der Waals surface area contributed by atoms with E-state index in [0.717, 1.165) is 25.7 Å². The van der Waals surface area contributed by atoms with Gasteiger partial charge >= 0.3 is 6.09 Å². The zero-order valence-corrected chi connectivity index (χ0v) is 21.2. The minimum Gasteiger partial charge on any atom is -0.444 e. The summed E-state index contributed by atoms with van der Waals surface area (Å²) in [6, 6.07) is 0. The fourth-order valence-electron chi connectivity index (χ4n) is 3.86. The van der Waals surface area contributed by atoms with Gasteiger partial charge in [0, 0.05) is 0 Å². The molecule has 1 aliphatic rings. The number of aliphatic hydroxyl groups excluding tert-OH is 4. The zero-order valence-electron chi connectivity index (χ0n) is 21.2. The SMILES string of the molecule is CCCCCCCCCCC[C@@H](NC(=O)OC(C)(C)C)NC(=O)[C@H]1O[C@H](CO)[C@H](O)[C@H](O)[C@H]1O. The summed E-state index contributed by atoms with van der Waals surface area (Å²) in [6.45, 7) is 6.75. The summed E-state index contributed by atoms with van der Waals surface area (Å²) in [5.74, 6) is -0.770. The highest BCUT2D eigenvalue weighted by Crippen LogP contribution is 2.21. The Balaban J connectivity index is 2.63. The molecule has 0 unspecified atom stereocenters. The molecule has 10 heteroatoms. The number of hydrogen-bond donors (Lipinski definition) is 6. The highest BCUT2D eigenvalue weighted by Gasteiger charge is 2.46. The predicted molar refractivity (Wildman–Crippen MR) is 127 cm³/mol. The fourth-order valence-corrected chi connectivity index (χ4v) is 3.86. The number of carbonyl (C=O) groups excluding carboxylic acids is 2. The minimum atomic E-state index is -1.69. The molecule has 1 fully saturated rings. The van der Waals surface area contributed by atoms with Gasteiger partial charge in [-0.2, -0.15) is 0 Å². The van der Waals surface area contributed by atoms with Crippen molar-refractivity contribution < 1.29 is 39.5 Å². The first-order valence-electron chi connectivity index (χ1n) is 12.6. The molecule has 6 N–H and O–H groups in total. The monoisotopic (exact) mass is 490 g/mol. The number of ether oxygens (including phenoxy) is 2. The smallest absolute Gasteiger partial charge is 0.409 e. The van der Waals surface area contributed by atoms with Crippen LogP contribution in [0.15, 0.2) is 0 Å². The lowest BCUT2D eigenvalue weighted by Crippen LogP contribution is -2.63. The molecule has 0 aromatic carbocycles.